The Morgan fingerprint density at radius 3 is 2.32 bits per heavy atom. The highest BCUT2D eigenvalue weighted by molar-refractivity contribution is 5.89. The maximum atomic E-state index is 13.1. The van der Waals surface area contributed by atoms with Crippen LogP contribution in [0.2, 0.25) is 0 Å². The molecule has 2 aromatic rings. The normalized spacial score (nSPS) is 20.0. The summed E-state index contributed by atoms with van der Waals surface area (Å²) in [5.74, 6) is -0.382. The molecule has 0 saturated carbocycles. The number of anilines is 1. The summed E-state index contributed by atoms with van der Waals surface area (Å²) in [5, 5.41) is 0. The molecule has 1 unspecified atom stereocenters. The minimum atomic E-state index is -0.256. The van der Waals surface area contributed by atoms with E-state index >= 15 is 0 Å². The lowest BCUT2D eigenvalue weighted by atomic mass is 10.1. The van der Waals surface area contributed by atoms with Gasteiger partial charge in [0.1, 0.15) is 5.82 Å². The second-order valence-corrected chi connectivity index (χ2v) is 7.45. The van der Waals surface area contributed by atoms with E-state index in [0.29, 0.717) is 45.7 Å². The van der Waals surface area contributed by atoms with Gasteiger partial charge in [0.25, 0.3) is 0 Å². The molecule has 2 fully saturated rings. The van der Waals surface area contributed by atoms with Gasteiger partial charge in [-0.25, -0.2) is 4.39 Å². The van der Waals surface area contributed by atoms with Crippen LogP contribution in [0.4, 0.5) is 10.1 Å². The van der Waals surface area contributed by atoms with E-state index < -0.39 is 0 Å². The van der Waals surface area contributed by atoms with Crippen molar-refractivity contribution in [2.75, 3.05) is 37.6 Å². The van der Waals surface area contributed by atoms with E-state index in [-0.39, 0.29) is 23.5 Å². The summed E-state index contributed by atoms with van der Waals surface area (Å²) in [7, 11) is 0. The Kier molecular flexibility index (Phi) is 5.28. The average molecular weight is 381 g/mol. The maximum Gasteiger partial charge on any atom is 0.228 e. The predicted molar refractivity (Wildman–Crippen MR) is 105 cm³/mol. The van der Waals surface area contributed by atoms with Crippen molar-refractivity contribution in [3.05, 3.63) is 66.0 Å². The molecule has 28 heavy (non-hydrogen) atoms. The molecule has 2 aliphatic heterocycles. The molecule has 4 rings (SSSR count). The van der Waals surface area contributed by atoms with Gasteiger partial charge in [0.2, 0.25) is 11.8 Å². The summed E-state index contributed by atoms with van der Waals surface area (Å²) >= 11 is 0. The van der Waals surface area contributed by atoms with Crippen LogP contribution in [0, 0.1) is 11.7 Å². The van der Waals surface area contributed by atoms with E-state index in [1.165, 1.54) is 12.1 Å². The van der Waals surface area contributed by atoms with Gasteiger partial charge in [-0.05, 0) is 29.8 Å². The van der Waals surface area contributed by atoms with Gasteiger partial charge in [0, 0.05) is 51.4 Å². The van der Waals surface area contributed by atoms with E-state index in [9.17, 15) is 14.0 Å². The molecule has 0 radical (unpaired) electrons. The minimum absolute atomic E-state index is 0.0483. The summed E-state index contributed by atoms with van der Waals surface area (Å²) in [6.45, 7) is 3.73. The molecule has 2 aliphatic rings. The molecule has 2 saturated heterocycles. The van der Waals surface area contributed by atoms with E-state index in [4.69, 9.17) is 0 Å². The SMILES string of the molecule is O=C1CC(C(=O)N2CCN(c3ccc(F)cc3)CC2)CN1Cc1ccccc1. The molecule has 0 aliphatic carbocycles. The van der Waals surface area contributed by atoms with E-state index in [1.807, 2.05) is 35.2 Å². The lowest BCUT2D eigenvalue weighted by Crippen LogP contribution is -2.50. The maximum absolute atomic E-state index is 13.1. The van der Waals surface area contributed by atoms with Crippen LogP contribution in [0.5, 0.6) is 0 Å². The third-order valence-electron chi connectivity index (χ3n) is 5.56. The van der Waals surface area contributed by atoms with Gasteiger partial charge in [-0.2, -0.15) is 0 Å². The van der Waals surface area contributed by atoms with Crippen LogP contribution in [0.1, 0.15) is 12.0 Å². The summed E-state index contributed by atoms with van der Waals surface area (Å²) in [5.41, 5.74) is 2.05. The summed E-state index contributed by atoms with van der Waals surface area (Å²) in [4.78, 5) is 31.1. The number of nitrogens with zero attached hydrogens (tertiary/aromatic N) is 3. The highest BCUT2D eigenvalue weighted by atomic mass is 19.1. The number of carbonyl (C=O) groups is 2. The van der Waals surface area contributed by atoms with Crippen molar-refractivity contribution in [3.63, 3.8) is 0 Å². The van der Waals surface area contributed by atoms with E-state index in [2.05, 4.69) is 4.90 Å². The molecule has 2 heterocycles. The number of hydrogen-bond acceptors (Lipinski definition) is 3. The molecule has 5 nitrogen and oxygen atoms in total. The van der Waals surface area contributed by atoms with Crippen molar-refractivity contribution in [2.45, 2.75) is 13.0 Å². The minimum Gasteiger partial charge on any atom is -0.368 e. The quantitative estimate of drug-likeness (QED) is 0.818. The zero-order chi connectivity index (χ0) is 19.5. The zero-order valence-corrected chi connectivity index (χ0v) is 15.8. The highest BCUT2D eigenvalue weighted by Gasteiger charge is 2.37. The van der Waals surface area contributed by atoms with Gasteiger partial charge in [-0.3, -0.25) is 9.59 Å². The van der Waals surface area contributed by atoms with Gasteiger partial charge in [-0.15, -0.1) is 0 Å². The molecule has 0 N–H and O–H groups in total. The van der Waals surface area contributed by atoms with Crippen LogP contribution in [-0.2, 0) is 16.1 Å². The first kappa shape index (κ1) is 18.5. The monoisotopic (exact) mass is 381 g/mol. The van der Waals surface area contributed by atoms with Crippen molar-refractivity contribution in [1.29, 1.82) is 0 Å². The van der Waals surface area contributed by atoms with Crippen molar-refractivity contribution in [3.8, 4) is 0 Å². The number of rotatable bonds is 4. The number of carbonyl (C=O) groups excluding carboxylic acids is 2. The number of halogens is 1. The van der Waals surface area contributed by atoms with Crippen LogP contribution >= 0.6 is 0 Å². The smallest absolute Gasteiger partial charge is 0.228 e. The number of amides is 2. The topological polar surface area (TPSA) is 43.9 Å². The molecular formula is C22H24FN3O2. The largest absolute Gasteiger partial charge is 0.368 e. The number of benzene rings is 2. The van der Waals surface area contributed by atoms with Crippen molar-refractivity contribution in [1.82, 2.24) is 9.80 Å². The molecule has 0 spiro atoms. The Morgan fingerprint density at radius 2 is 1.64 bits per heavy atom. The molecule has 0 bridgehead atoms. The third kappa shape index (κ3) is 4.01. The van der Waals surface area contributed by atoms with E-state index in [1.54, 1.807) is 17.0 Å². The molecule has 2 amide bonds. The molecule has 0 aromatic heterocycles. The molecule has 6 heteroatoms. The number of likely N-dealkylation sites (tertiary alicyclic amines) is 1. The van der Waals surface area contributed by atoms with Gasteiger partial charge >= 0.3 is 0 Å². The Labute approximate surface area is 164 Å². The molecule has 1 atom stereocenters. The lowest BCUT2D eigenvalue weighted by molar-refractivity contribution is -0.136. The fourth-order valence-corrected chi connectivity index (χ4v) is 3.99. The Balaban J connectivity index is 1.31. The lowest BCUT2D eigenvalue weighted by Gasteiger charge is -2.37. The zero-order valence-electron chi connectivity index (χ0n) is 15.8. The second-order valence-electron chi connectivity index (χ2n) is 7.45. The van der Waals surface area contributed by atoms with Gasteiger partial charge in [0.05, 0.1) is 5.92 Å². The fourth-order valence-electron chi connectivity index (χ4n) is 3.99. The summed E-state index contributed by atoms with van der Waals surface area (Å²) in [6, 6.07) is 16.3. The van der Waals surface area contributed by atoms with Crippen LogP contribution in [0.3, 0.4) is 0 Å². The number of hydrogen-bond donors (Lipinski definition) is 0. The average Bonchev–Trinajstić information content (AvgIpc) is 3.09. The second kappa shape index (κ2) is 8.00. The molecular weight excluding hydrogens is 357 g/mol. The third-order valence-corrected chi connectivity index (χ3v) is 5.56. The van der Waals surface area contributed by atoms with Crippen LogP contribution in [0.25, 0.3) is 0 Å². The fraction of sp³-hybridized carbons (Fsp3) is 0.364. The van der Waals surface area contributed by atoms with Crippen molar-refractivity contribution in [2.24, 2.45) is 5.92 Å². The highest BCUT2D eigenvalue weighted by Crippen LogP contribution is 2.24. The summed E-state index contributed by atoms with van der Waals surface area (Å²) in [6.07, 6.45) is 0.295. The van der Waals surface area contributed by atoms with Crippen molar-refractivity contribution < 1.29 is 14.0 Å². The summed E-state index contributed by atoms with van der Waals surface area (Å²) < 4.78 is 13.1. The van der Waals surface area contributed by atoms with Gasteiger partial charge in [-0.1, -0.05) is 30.3 Å². The molecule has 2 aromatic carbocycles. The van der Waals surface area contributed by atoms with Crippen molar-refractivity contribution >= 4 is 17.5 Å². The first-order valence-corrected chi connectivity index (χ1v) is 9.71. The van der Waals surface area contributed by atoms with Crippen LogP contribution < -0.4 is 4.90 Å². The van der Waals surface area contributed by atoms with Gasteiger partial charge < -0.3 is 14.7 Å². The van der Waals surface area contributed by atoms with Crippen LogP contribution in [-0.4, -0.2) is 54.3 Å². The standard InChI is InChI=1S/C22H24FN3O2/c23-19-6-8-20(9-7-19)24-10-12-25(13-11-24)22(28)18-14-21(27)26(16-18)15-17-4-2-1-3-5-17/h1-9,18H,10-16H2. The van der Waals surface area contributed by atoms with Crippen LogP contribution in [0.15, 0.2) is 54.6 Å². The molecule has 146 valence electrons. The first-order chi connectivity index (χ1) is 13.6. The van der Waals surface area contributed by atoms with E-state index in [0.717, 1.165) is 11.3 Å². The Bertz CT molecular complexity index is 833. The van der Waals surface area contributed by atoms with Gasteiger partial charge in [0.15, 0.2) is 0 Å². The Morgan fingerprint density at radius 1 is 0.964 bits per heavy atom. The first-order valence-electron chi connectivity index (χ1n) is 9.71. The number of piperazine rings is 1. The Hall–Kier alpha value is -2.89. The predicted octanol–water partition coefficient (Wildman–Crippen LogP) is 2.52.